The number of nitrogens with zero attached hydrogens (tertiary/aromatic N) is 4. The highest BCUT2D eigenvalue weighted by Crippen LogP contribution is 2.30. The van der Waals surface area contributed by atoms with Crippen molar-refractivity contribution in [3.05, 3.63) is 120 Å². The van der Waals surface area contributed by atoms with Gasteiger partial charge in [-0.05, 0) is 71.8 Å². The molecule has 2 aromatic carbocycles. The number of ether oxygens (including phenoxy) is 1. The van der Waals surface area contributed by atoms with Crippen LogP contribution < -0.4 is 4.74 Å². The van der Waals surface area contributed by atoms with Crippen molar-refractivity contribution in [3.8, 4) is 23.6 Å². The van der Waals surface area contributed by atoms with E-state index in [0.29, 0.717) is 11.1 Å². The van der Waals surface area contributed by atoms with E-state index >= 15 is 0 Å². The third-order valence-corrected chi connectivity index (χ3v) is 6.37. The molecule has 0 spiro atoms. The maximum atomic E-state index is 9.59. The molecule has 0 atom stereocenters. The fourth-order valence-electron chi connectivity index (χ4n) is 4.38. The van der Waals surface area contributed by atoms with Gasteiger partial charge in [-0.15, -0.1) is 0 Å². The summed E-state index contributed by atoms with van der Waals surface area (Å²) in [6.07, 6.45) is 14.0. The summed E-state index contributed by atoms with van der Waals surface area (Å²) in [5.74, 6) is 0.944. The Labute approximate surface area is 236 Å². The Balaban J connectivity index is 0.000000165. The molecule has 41 heavy (non-hydrogen) atoms. The maximum absolute atomic E-state index is 9.59. The van der Waals surface area contributed by atoms with Crippen LogP contribution >= 0.6 is 0 Å². The van der Waals surface area contributed by atoms with Crippen molar-refractivity contribution < 1.29 is 9.84 Å². The zero-order valence-electron chi connectivity index (χ0n) is 22.0. The first-order valence-electron chi connectivity index (χ1n) is 12.6. The number of phenolic OH excluding ortho intramolecular Hbond substituents is 1. The lowest BCUT2D eigenvalue weighted by atomic mass is 10.0. The highest BCUT2D eigenvalue weighted by molar-refractivity contribution is 6.02. The summed E-state index contributed by atoms with van der Waals surface area (Å²) in [5, 5.41) is 30.2. The normalized spacial score (nSPS) is 11.4. The molecule has 0 bridgehead atoms. The van der Waals surface area contributed by atoms with E-state index in [4.69, 9.17) is 4.74 Å². The van der Waals surface area contributed by atoms with Crippen molar-refractivity contribution in [2.45, 2.75) is 0 Å². The predicted molar refractivity (Wildman–Crippen MR) is 160 cm³/mol. The summed E-state index contributed by atoms with van der Waals surface area (Å²) in [6, 6.07) is 22.7. The average Bonchev–Trinajstić information content (AvgIpc) is 3.63. The second-order valence-electron chi connectivity index (χ2n) is 8.96. The number of fused-ring (bicyclic) bond motifs is 2. The first-order valence-corrected chi connectivity index (χ1v) is 12.6. The van der Waals surface area contributed by atoms with Gasteiger partial charge in [-0.2, -0.15) is 10.5 Å². The van der Waals surface area contributed by atoms with Crippen LogP contribution in [0.1, 0.15) is 22.3 Å². The number of hydrogen-bond donors (Lipinski definition) is 3. The number of methoxy groups -OCH3 is 1. The molecule has 4 aromatic heterocycles. The predicted octanol–water partition coefficient (Wildman–Crippen LogP) is 6.97. The highest BCUT2D eigenvalue weighted by atomic mass is 16.5. The molecule has 0 aliphatic carbocycles. The minimum atomic E-state index is 0.178. The van der Waals surface area contributed by atoms with Gasteiger partial charge in [0.05, 0.1) is 30.4 Å². The Kier molecular flexibility index (Phi) is 7.86. The number of aromatic hydroxyl groups is 1. The molecule has 0 aliphatic rings. The molecular weight excluding hydrogens is 512 g/mol. The van der Waals surface area contributed by atoms with E-state index in [-0.39, 0.29) is 5.75 Å². The first-order chi connectivity index (χ1) is 20.1. The molecule has 198 valence electrons. The molecular formula is C33H24N6O2. The largest absolute Gasteiger partial charge is 0.508 e. The fraction of sp³-hybridized carbons (Fsp3) is 0.0303. The molecule has 3 N–H and O–H groups in total. The van der Waals surface area contributed by atoms with E-state index in [1.807, 2.05) is 54.7 Å². The van der Waals surface area contributed by atoms with E-state index in [0.717, 1.165) is 49.8 Å². The summed E-state index contributed by atoms with van der Waals surface area (Å²) in [5.41, 5.74) is 6.34. The lowest BCUT2D eigenvalue weighted by Gasteiger charge is -2.01. The molecule has 0 aliphatic heterocycles. The van der Waals surface area contributed by atoms with Crippen LogP contribution in [0.25, 0.3) is 45.1 Å². The number of rotatable bonds is 5. The number of hydrogen-bond acceptors (Lipinski definition) is 6. The molecule has 4 heterocycles. The van der Waals surface area contributed by atoms with Gasteiger partial charge in [-0.25, -0.2) is 0 Å². The van der Waals surface area contributed by atoms with Crippen LogP contribution in [0.4, 0.5) is 0 Å². The van der Waals surface area contributed by atoms with Gasteiger partial charge in [-0.3, -0.25) is 9.97 Å². The van der Waals surface area contributed by atoms with Crippen LogP contribution in [0.2, 0.25) is 0 Å². The SMILES string of the molecule is COc1ccc2[nH]cc(/C(C#N)=C/c3cccnc3)c2c1.N#C/C(=C\c1cccnc1)c1c[nH]c2ccc(O)cc12. The zero-order valence-corrected chi connectivity index (χ0v) is 22.0. The Bertz CT molecular complexity index is 1960. The highest BCUT2D eigenvalue weighted by Gasteiger charge is 2.11. The van der Waals surface area contributed by atoms with Gasteiger partial charge >= 0.3 is 0 Å². The Morgan fingerprint density at radius 1 is 0.780 bits per heavy atom. The monoisotopic (exact) mass is 536 g/mol. The molecule has 0 radical (unpaired) electrons. The number of aromatic amines is 2. The number of nitriles is 2. The third kappa shape index (κ3) is 5.98. The molecule has 8 nitrogen and oxygen atoms in total. The standard InChI is InChI=1S/C17H13N3O.C16H11N3O/c1-21-14-4-5-17-15(8-14)16(11-20-17)13(9-18)7-12-3-2-6-19-10-12;17-8-12(6-11-2-1-5-18-9-11)15-10-19-16-4-3-13(20)7-14(15)16/h2-8,10-11,20H,1H3;1-7,9-10,19-20H/b13-7+;12-6+. The smallest absolute Gasteiger partial charge is 0.119 e. The van der Waals surface area contributed by atoms with Gasteiger partial charge in [0.2, 0.25) is 0 Å². The van der Waals surface area contributed by atoms with Gasteiger partial charge in [0.1, 0.15) is 11.5 Å². The third-order valence-electron chi connectivity index (χ3n) is 6.37. The van der Waals surface area contributed by atoms with Crippen LogP contribution in [-0.2, 0) is 0 Å². The van der Waals surface area contributed by atoms with Crippen molar-refractivity contribution in [3.63, 3.8) is 0 Å². The molecule has 6 rings (SSSR count). The minimum absolute atomic E-state index is 0.178. The fourth-order valence-corrected chi connectivity index (χ4v) is 4.38. The number of benzene rings is 2. The molecule has 8 heteroatoms. The number of phenols is 1. The first kappa shape index (κ1) is 26.5. The second-order valence-corrected chi connectivity index (χ2v) is 8.96. The van der Waals surface area contributed by atoms with E-state index in [1.165, 1.54) is 0 Å². The minimum Gasteiger partial charge on any atom is -0.508 e. The van der Waals surface area contributed by atoms with Crippen LogP contribution in [0.5, 0.6) is 11.5 Å². The van der Waals surface area contributed by atoms with E-state index in [9.17, 15) is 15.6 Å². The topological polar surface area (TPSA) is 134 Å². The van der Waals surface area contributed by atoms with Crippen molar-refractivity contribution in [1.82, 2.24) is 19.9 Å². The van der Waals surface area contributed by atoms with Crippen molar-refractivity contribution >= 4 is 45.1 Å². The molecule has 0 unspecified atom stereocenters. The number of aromatic nitrogens is 4. The van der Waals surface area contributed by atoms with Crippen LogP contribution in [-0.4, -0.2) is 32.2 Å². The van der Waals surface area contributed by atoms with Crippen LogP contribution in [0.15, 0.2) is 97.8 Å². The maximum Gasteiger partial charge on any atom is 0.119 e. The van der Waals surface area contributed by atoms with Crippen molar-refractivity contribution in [1.29, 1.82) is 10.5 Å². The van der Waals surface area contributed by atoms with Crippen LogP contribution in [0, 0.1) is 22.7 Å². The number of nitrogens with one attached hydrogen (secondary N) is 2. The van der Waals surface area contributed by atoms with E-state index in [2.05, 4.69) is 32.1 Å². The molecule has 0 fully saturated rings. The van der Waals surface area contributed by atoms with Gasteiger partial charge in [-0.1, -0.05) is 12.1 Å². The lowest BCUT2D eigenvalue weighted by Crippen LogP contribution is -1.84. The summed E-state index contributed by atoms with van der Waals surface area (Å²) in [4.78, 5) is 14.4. The van der Waals surface area contributed by atoms with Gasteiger partial charge in [0.15, 0.2) is 0 Å². The van der Waals surface area contributed by atoms with Crippen LogP contribution in [0.3, 0.4) is 0 Å². The second kappa shape index (κ2) is 12.2. The van der Waals surface area contributed by atoms with Gasteiger partial charge in [0, 0.05) is 70.1 Å². The molecule has 0 saturated carbocycles. The van der Waals surface area contributed by atoms with Gasteiger partial charge in [0.25, 0.3) is 0 Å². The van der Waals surface area contributed by atoms with E-state index < -0.39 is 0 Å². The van der Waals surface area contributed by atoms with Gasteiger partial charge < -0.3 is 19.8 Å². The Hall–Kier alpha value is -6.12. The molecule has 0 saturated heterocycles. The number of H-pyrrole nitrogens is 2. The lowest BCUT2D eigenvalue weighted by molar-refractivity contribution is 0.415. The van der Waals surface area contributed by atoms with Crippen molar-refractivity contribution in [2.75, 3.05) is 7.11 Å². The Morgan fingerprint density at radius 2 is 1.32 bits per heavy atom. The summed E-state index contributed by atoms with van der Waals surface area (Å²) in [6.45, 7) is 0. The Morgan fingerprint density at radius 3 is 1.80 bits per heavy atom. The summed E-state index contributed by atoms with van der Waals surface area (Å²) < 4.78 is 5.25. The molecule has 6 aromatic rings. The van der Waals surface area contributed by atoms with Crippen molar-refractivity contribution in [2.24, 2.45) is 0 Å². The average molecular weight is 537 g/mol. The number of allylic oxidation sites excluding steroid dienone is 2. The van der Waals surface area contributed by atoms with E-state index in [1.54, 1.807) is 62.4 Å². The molecule has 0 amide bonds. The number of pyridine rings is 2. The quantitative estimate of drug-likeness (QED) is 0.204. The summed E-state index contributed by atoms with van der Waals surface area (Å²) >= 11 is 0. The summed E-state index contributed by atoms with van der Waals surface area (Å²) in [7, 11) is 1.63. The zero-order chi connectivity index (χ0) is 28.6.